The lowest BCUT2D eigenvalue weighted by Gasteiger charge is -2.19. The van der Waals surface area contributed by atoms with Crippen LogP contribution in [0.15, 0.2) is 91.0 Å². The van der Waals surface area contributed by atoms with Gasteiger partial charge in [-0.05, 0) is 75.2 Å². The first-order chi connectivity index (χ1) is 16.6. The third-order valence-electron chi connectivity index (χ3n) is 6.14. The van der Waals surface area contributed by atoms with E-state index in [0.717, 1.165) is 28.8 Å². The summed E-state index contributed by atoms with van der Waals surface area (Å²) in [5, 5.41) is 0. The summed E-state index contributed by atoms with van der Waals surface area (Å²) in [6.07, 6.45) is -7.44. The number of allylic oxidation sites excluding steroid dienone is 1. The van der Waals surface area contributed by atoms with Crippen LogP contribution in [-0.4, -0.2) is 0 Å². The highest BCUT2D eigenvalue weighted by Crippen LogP contribution is 2.46. The summed E-state index contributed by atoms with van der Waals surface area (Å²) < 4.78 is 81.9. The van der Waals surface area contributed by atoms with Crippen molar-refractivity contribution >= 4 is 11.6 Å². The molecule has 0 atom stereocenters. The maximum absolute atomic E-state index is 13.7. The first-order valence-corrected chi connectivity index (χ1v) is 10.9. The van der Waals surface area contributed by atoms with Crippen molar-refractivity contribution in [1.29, 1.82) is 0 Å². The van der Waals surface area contributed by atoms with Crippen molar-refractivity contribution in [2.24, 2.45) is 0 Å². The van der Waals surface area contributed by atoms with Crippen LogP contribution in [0.2, 0.25) is 0 Å². The molecule has 0 saturated heterocycles. The van der Waals surface area contributed by atoms with Gasteiger partial charge in [0.2, 0.25) is 0 Å². The molecule has 1 aliphatic carbocycles. The highest BCUT2D eigenvalue weighted by molar-refractivity contribution is 5.99. The topological polar surface area (TPSA) is 0 Å². The summed E-state index contributed by atoms with van der Waals surface area (Å²) in [6, 6.07) is 23.9. The summed E-state index contributed by atoms with van der Waals surface area (Å²) in [6.45, 7) is 0. The second-order valence-corrected chi connectivity index (χ2v) is 8.43. The van der Waals surface area contributed by atoms with Crippen LogP contribution < -0.4 is 0 Å². The van der Waals surface area contributed by atoms with Crippen LogP contribution in [0.5, 0.6) is 0 Å². The standard InChI is InChI=1S/C29H18F6/c30-28(31,32)23-14-22(15-24(17-23)29(33,34)35)27-25(19-9-5-2-6-10-19)12-11-20-13-21(16-26(20)27)18-7-3-1-4-8-18/h1-12,14-17H,13H2. The molecule has 4 aromatic carbocycles. The molecule has 0 saturated carbocycles. The van der Waals surface area contributed by atoms with Crippen LogP contribution in [0.3, 0.4) is 0 Å². The van der Waals surface area contributed by atoms with Crippen molar-refractivity contribution in [1.82, 2.24) is 0 Å². The average molecular weight is 480 g/mol. The number of fused-ring (bicyclic) bond motifs is 1. The molecule has 0 radical (unpaired) electrons. The van der Waals surface area contributed by atoms with E-state index in [-0.39, 0.29) is 11.6 Å². The number of alkyl halides is 6. The van der Waals surface area contributed by atoms with Crippen LogP contribution in [-0.2, 0) is 18.8 Å². The summed E-state index contributed by atoms with van der Waals surface area (Å²) >= 11 is 0. The van der Waals surface area contributed by atoms with E-state index in [2.05, 4.69) is 0 Å². The fourth-order valence-electron chi connectivity index (χ4n) is 4.52. The largest absolute Gasteiger partial charge is 0.416 e. The molecule has 35 heavy (non-hydrogen) atoms. The van der Waals surface area contributed by atoms with Crippen LogP contribution in [0.4, 0.5) is 26.3 Å². The number of hydrogen-bond acceptors (Lipinski definition) is 0. The van der Waals surface area contributed by atoms with Gasteiger partial charge in [-0.15, -0.1) is 0 Å². The predicted molar refractivity (Wildman–Crippen MR) is 125 cm³/mol. The van der Waals surface area contributed by atoms with E-state index < -0.39 is 23.5 Å². The van der Waals surface area contributed by atoms with E-state index in [4.69, 9.17) is 0 Å². The molecule has 176 valence electrons. The Kier molecular flexibility index (Phi) is 5.55. The zero-order valence-electron chi connectivity index (χ0n) is 18.2. The molecule has 4 aromatic rings. The summed E-state index contributed by atoms with van der Waals surface area (Å²) in [7, 11) is 0. The fraction of sp³-hybridized carbons (Fsp3) is 0.103. The van der Waals surface area contributed by atoms with Crippen molar-refractivity contribution in [2.45, 2.75) is 18.8 Å². The Morgan fingerprint density at radius 3 is 1.63 bits per heavy atom. The fourth-order valence-corrected chi connectivity index (χ4v) is 4.52. The SMILES string of the molecule is FC(F)(F)c1cc(-c2c(-c3ccccc3)ccc3c2C=C(c2ccccc2)C3)cc(C(F)(F)F)c1. The molecule has 0 spiro atoms. The number of halogens is 6. The molecule has 0 fully saturated rings. The highest BCUT2D eigenvalue weighted by atomic mass is 19.4. The molecular weight excluding hydrogens is 462 g/mol. The summed E-state index contributed by atoms with van der Waals surface area (Å²) in [5.74, 6) is 0. The quantitative estimate of drug-likeness (QED) is 0.257. The minimum absolute atomic E-state index is 0.117. The van der Waals surface area contributed by atoms with Crippen LogP contribution in [0.1, 0.15) is 27.8 Å². The smallest absolute Gasteiger partial charge is 0.166 e. The highest BCUT2D eigenvalue weighted by Gasteiger charge is 2.37. The lowest BCUT2D eigenvalue weighted by atomic mass is 9.87. The molecule has 0 nitrogen and oxygen atoms in total. The number of rotatable bonds is 3. The molecular formula is C29H18F6. The lowest BCUT2D eigenvalue weighted by Crippen LogP contribution is -2.11. The Hall–Kier alpha value is -3.80. The molecule has 0 N–H and O–H groups in total. The second kappa shape index (κ2) is 8.45. The van der Waals surface area contributed by atoms with E-state index in [1.807, 2.05) is 42.5 Å². The van der Waals surface area contributed by atoms with E-state index in [1.54, 1.807) is 36.4 Å². The Balaban J connectivity index is 1.81. The van der Waals surface area contributed by atoms with Gasteiger partial charge in [0.05, 0.1) is 11.1 Å². The van der Waals surface area contributed by atoms with Crippen molar-refractivity contribution in [2.75, 3.05) is 0 Å². The first kappa shape index (κ1) is 23.0. The van der Waals surface area contributed by atoms with Crippen molar-refractivity contribution in [3.05, 3.63) is 119 Å². The normalized spacial score (nSPS) is 13.5. The minimum Gasteiger partial charge on any atom is -0.166 e. The van der Waals surface area contributed by atoms with E-state index >= 15 is 0 Å². The lowest BCUT2D eigenvalue weighted by molar-refractivity contribution is -0.143. The minimum atomic E-state index is -4.92. The monoisotopic (exact) mass is 480 g/mol. The third-order valence-corrected chi connectivity index (χ3v) is 6.14. The maximum Gasteiger partial charge on any atom is 0.416 e. The van der Waals surface area contributed by atoms with E-state index in [1.165, 1.54) is 0 Å². The van der Waals surface area contributed by atoms with Gasteiger partial charge in [0.15, 0.2) is 0 Å². The van der Waals surface area contributed by atoms with Gasteiger partial charge in [-0.2, -0.15) is 26.3 Å². The van der Waals surface area contributed by atoms with Gasteiger partial charge >= 0.3 is 12.4 Å². The van der Waals surface area contributed by atoms with Gasteiger partial charge < -0.3 is 0 Å². The Morgan fingerprint density at radius 2 is 1.09 bits per heavy atom. The third kappa shape index (κ3) is 4.48. The first-order valence-electron chi connectivity index (χ1n) is 10.9. The van der Waals surface area contributed by atoms with Crippen LogP contribution in [0.25, 0.3) is 33.9 Å². The van der Waals surface area contributed by atoms with Crippen molar-refractivity contribution < 1.29 is 26.3 Å². The Bertz CT molecular complexity index is 1380. The number of hydrogen-bond donors (Lipinski definition) is 0. The Morgan fingerprint density at radius 1 is 0.543 bits per heavy atom. The van der Waals surface area contributed by atoms with Gasteiger partial charge in [0, 0.05) is 0 Å². The zero-order valence-corrected chi connectivity index (χ0v) is 18.2. The molecule has 0 unspecified atom stereocenters. The molecule has 0 aromatic heterocycles. The average Bonchev–Trinajstić information content (AvgIpc) is 3.27. The zero-order chi connectivity index (χ0) is 24.8. The predicted octanol–water partition coefficient (Wildman–Crippen LogP) is 9.15. The molecule has 5 rings (SSSR count). The molecule has 0 aliphatic heterocycles. The molecule has 1 aliphatic rings. The number of benzene rings is 4. The van der Waals surface area contributed by atoms with Gasteiger partial charge in [-0.3, -0.25) is 0 Å². The van der Waals surface area contributed by atoms with Gasteiger partial charge in [-0.25, -0.2) is 0 Å². The molecule has 0 heterocycles. The Labute approximate surface area is 198 Å². The van der Waals surface area contributed by atoms with Gasteiger partial charge in [0.1, 0.15) is 0 Å². The van der Waals surface area contributed by atoms with E-state index in [9.17, 15) is 26.3 Å². The van der Waals surface area contributed by atoms with Gasteiger partial charge in [-0.1, -0.05) is 72.8 Å². The molecule has 6 heteroatoms. The van der Waals surface area contributed by atoms with Crippen molar-refractivity contribution in [3.63, 3.8) is 0 Å². The van der Waals surface area contributed by atoms with Crippen LogP contribution >= 0.6 is 0 Å². The summed E-state index contributed by atoms with van der Waals surface area (Å²) in [4.78, 5) is 0. The maximum atomic E-state index is 13.7. The van der Waals surface area contributed by atoms with Crippen LogP contribution in [0, 0.1) is 0 Å². The summed E-state index contributed by atoms with van der Waals surface area (Å²) in [5.41, 5.74) is 2.26. The van der Waals surface area contributed by atoms with Gasteiger partial charge in [0.25, 0.3) is 0 Å². The van der Waals surface area contributed by atoms with Crippen molar-refractivity contribution in [3.8, 4) is 22.3 Å². The molecule has 0 amide bonds. The van der Waals surface area contributed by atoms with E-state index in [0.29, 0.717) is 28.7 Å². The second-order valence-electron chi connectivity index (χ2n) is 8.43. The molecule has 0 bridgehead atoms.